The number of nitrogens with zero attached hydrogens (tertiary/aromatic N) is 2. The first-order valence-corrected chi connectivity index (χ1v) is 17.7. The molecule has 2 aromatic rings. The number of fused-ring (bicyclic) bond motifs is 2. The molecular weight excluding hydrogens is 626 g/mol. The van der Waals surface area contributed by atoms with Crippen LogP contribution < -0.4 is 10.1 Å². The minimum Gasteiger partial charge on any atom is -0.457 e. The SMILES string of the molecule is CCN(C(=O)OC[C@@H]1CCCO1)[C@@H]1C[C@H](C(=O)NCC2(CCCCOC)c3ccccc3Oc3ccccc32)CN(C(=O)OC(C)(C)C)C1. The van der Waals surface area contributed by atoms with E-state index < -0.39 is 35.2 Å². The number of para-hydroxylation sites is 2. The Bertz CT molecular complexity index is 1390. The largest absolute Gasteiger partial charge is 0.457 e. The van der Waals surface area contributed by atoms with Gasteiger partial charge in [0.2, 0.25) is 5.91 Å². The van der Waals surface area contributed by atoms with E-state index in [2.05, 4.69) is 17.4 Å². The molecule has 0 bridgehead atoms. The predicted octanol–water partition coefficient (Wildman–Crippen LogP) is 6.27. The number of carbonyl (C=O) groups is 3. The van der Waals surface area contributed by atoms with Crippen molar-refractivity contribution in [3.05, 3.63) is 59.7 Å². The number of carbonyl (C=O) groups excluding carboxylic acids is 3. The average molecular weight is 680 g/mol. The summed E-state index contributed by atoms with van der Waals surface area (Å²) in [6, 6.07) is 15.6. The van der Waals surface area contributed by atoms with Gasteiger partial charge in [-0.05, 0) is 78.4 Å². The molecule has 0 aliphatic carbocycles. The van der Waals surface area contributed by atoms with Crippen LogP contribution >= 0.6 is 0 Å². The average Bonchev–Trinajstić information content (AvgIpc) is 3.61. The molecule has 3 aliphatic rings. The Morgan fingerprint density at radius 2 is 1.71 bits per heavy atom. The van der Waals surface area contributed by atoms with Crippen molar-refractivity contribution in [2.45, 2.75) is 89.4 Å². The smallest absolute Gasteiger partial charge is 0.410 e. The molecule has 5 rings (SSSR count). The molecule has 11 nitrogen and oxygen atoms in total. The molecule has 49 heavy (non-hydrogen) atoms. The van der Waals surface area contributed by atoms with E-state index in [4.69, 9.17) is 23.7 Å². The number of methoxy groups -OCH3 is 1. The number of piperidine rings is 1. The Morgan fingerprint density at radius 1 is 1.02 bits per heavy atom. The Kier molecular flexibility index (Phi) is 12.1. The summed E-state index contributed by atoms with van der Waals surface area (Å²) in [7, 11) is 1.70. The molecule has 2 saturated heterocycles. The standard InChI is InChI=1S/C38H53N3O8/c1-6-41(36(44)47-25-29-14-13-21-46-29)28-22-27(23-40(24-28)35(43)49-37(2,3)4)34(42)39-26-38(19-11-12-20-45-5)30-15-7-9-17-32(30)48-33-18-10-8-16-31(33)38/h7-10,15-18,27-29H,6,11-14,19-26H2,1-5H3,(H,39,42)/t27-,28+,29-/m0/s1. The Balaban J connectivity index is 1.39. The Morgan fingerprint density at radius 3 is 2.33 bits per heavy atom. The van der Waals surface area contributed by atoms with Crippen LogP contribution in [-0.4, -0.2) is 98.7 Å². The van der Waals surface area contributed by atoms with E-state index in [1.165, 1.54) is 0 Å². The maximum atomic E-state index is 14.3. The van der Waals surface area contributed by atoms with Crippen molar-refractivity contribution >= 4 is 18.1 Å². The maximum Gasteiger partial charge on any atom is 0.410 e. The predicted molar refractivity (Wildman–Crippen MR) is 185 cm³/mol. The van der Waals surface area contributed by atoms with Crippen LogP contribution in [-0.2, 0) is 29.2 Å². The number of hydrogen-bond donors (Lipinski definition) is 1. The van der Waals surface area contributed by atoms with Crippen LogP contribution in [0.4, 0.5) is 9.59 Å². The van der Waals surface area contributed by atoms with Crippen LogP contribution in [0.1, 0.15) is 77.3 Å². The summed E-state index contributed by atoms with van der Waals surface area (Å²) in [5.74, 6) is 0.786. The topological polar surface area (TPSA) is 116 Å². The lowest BCUT2D eigenvalue weighted by molar-refractivity contribution is -0.127. The molecule has 3 aliphatic heterocycles. The number of rotatable bonds is 12. The van der Waals surface area contributed by atoms with E-state index in [0.717, 1.165) is 54.7 Å². The molecular formula is C38H53N3O8. The fraction of sp³-hybridized carbons (Fsp3) is 0.605. The third-order valence-electron chi connectivity index (χ3n) is 9.68. The molecule has 3 amide bonds. The lowest BCUT2D eigenvalue weighted by Gasteiger charge is -2.43. The molecule has 11 heteroatoms. The van der Waals surface area contributed by atoms with Crippen LogP contribution in [0.2, 0.25) is 0 Å². The molecule has 0 unspecified atom stereocenters. The van der Waals surface area contributed by atoms with Gasteiger partial charge >= 0.3 is 12.2 Å². The number of unbranched alkanes of at least 4 members (excludes halogenated alkanes) is 1. The van der Waals surface area contributed by atoms with Crippen molar-refractivity contribution in [3.63, 3.8) is 0 Å². The van der Waals surface area contributed by atoms with Gasteiger partial charge in [-0.3, -0.25) is 4.79 Å². The maximum absolute atomic E-state index is 14.3. The van der Waals surface area contributed by atoms with Crippen molar-refractivity contribution in [2.75, 3.05) is 53.1 Å². The zero-order chi connectivity index (χ0) is 35.0. The van der Waals surface area contributed by atoms with Crippen LogP contribution in [0.25, 0.3) is 0 Å². The van der Waals surface area contributed by atoms with Crippen LogP contribution in [0, 0.1) is 5.92 Å². The van der Waals surface area contributed by atoms with E-state index in [0.29, 0.717) is 32.7 Å². The van der Waals surface area contributed by atoms with Crippen molar-refractivity contribution in [1.82, 2.24) is 15.1 Å². The van der Waals surface area contributed by atoms with Crippen molar-refractivity contribution in [1.29, 1.82) is 0 Å². The first kappa shape index (κ1) is 36.5. The Labute approximate surface area is 290 Å². The number of amides is 3. The van der Waals surface area contributed by atoms with Gasteiger partial charge in [-0.15, -0.1) is 0 Å². The lowest BCUT2D eigenvalue weighted by atomic mass is 9.69. The number of likely N-dealkylation sites (tertiary alicyclic amines) is 1. The Hall–Kier alpha value is -3.83. The van der Waals surface area contributed by atoms with E-state index in [-0.39, 0.29) is 31.7 Å². The van der Waals surface area contributed by atoms with Crippen LogP contribution in [0.3, 0.4) is 0 Å². The fourth-order valence-corrected chi connectivity index (χ4v) is 7.29. The van der Waals surface area contributed by atoms with Gasteiger partial charge in [0.15, 0.2) is 0 Å². The van der Waals surface area contributed by atoms with Gasteiger partial charge in [-0.25, -0.2) is 9.59 Å². The van der Waals surface area contributed by atoms with Crippen molar-refractivity contribution < 1.29 is 38.1 Å². The summed E-state index contributed by atoms with van der Waals surface area (Å²) >= 11 is 0. The second-order valence-electron chi connectivity index (χ2n) is 14.3. The molecule has 2 aromatic carbocycles. The third kappa shape index (κ3) is 8.86. The molecule has 0 aromatic heterocycles. The second kappa shape index (κ2) is 16.3. The highest BCUT2D eigenvalue weighted by Crippen LogP contribution is 2.50. The number of ether oxygens (including phenoxy) is 5. The zero-order valence-corrected chi connectivity index (χ0v) is 29.7. The zero-order valence-electron chi connectivity index (χ0n) is 29.7. The molecule has 3 heterocycles. The minimum absolute atomic E-state index is 0.104. The molecule has 0 radical (unpaired) electrons. The van der Waals surface area contributed by atoms with Gasteiger partial charge in [0, 0.05) is 63.0 Å². The van der Waals surface area contributed by atoms with Crippen molar-refractivity contribution in [3.8, 4) is 11.5 Å². The first-order valence-electron chi connectivity index (χ1n) is 17.7. The summed E-state index contributed by atoms with van der Waals surface area (Å²) in [6.45, 7) is 9.93. The summed E-state index contributed by atoms with van der Waals surface area (Å²) in [5.41, 5.74) is 0.782. The monoisotopic (exact) mass is 679 g/mol. The van der Waals surface area contributed by atoms with Gasteiger partial charge in [0.1, 0.15) is 23.7 Å². The summed E-state index contributed by atoms with van der Waals surface area (Å²) in [6.07, 6.45) is 3.62. The van der Waals surface area contributed by atoms with E-state index in [1.807, 2.05) is 64.1 Å². The quantitative estimate of drug-likeness (QED) is 0.261. The summed E-state index contributed by atoms with van der Waals surface area (Å²) < 4.78 is 28.7. The van der Waals surface area contributed by atoms with Crippen LogP contribution in [0.5, 0.6) is 11.5 Å². The summed E-state index contributed by atoms with van der Waals surface area (Å²) in [5, 5.41) is 3.31. The third-order valence-corrected chi connectivity index (χ3v) is 9.68. The number of likely N-dealkylation sites (N-methyl/N-ethyl adjacent to an activating group) is 1. The normalized spacial score (nSPS) is 21.2. The molecule has 3 atom stereocenters. The van der Waals surface area contributed by atoms with E-state index in [1.54, 1.807) is 16.9 Å². The molecule has 0 saturated carbocycles. The fourth-order valence-electron chi connectivity index (χ4n) is 7.29. The highest BCUT2D eigenvalue weighted by molar-refractivity contribution is 5.81. The van der Waals surface area contributed by atoms with Crippen LogP contribution in [0.15, 0.2) is 48.5 Å². The highest BCUT2D eigenvalue weighted by Gasteiger charge is 2.44. The number of hydrogen-bond acceptors (Lipinski definition) is 8. The van der Waals surface area contributed by atoms with Gasteiger partial charge in [0.05, 0.1) is 18.1 Å². The van der Waals surface area contributed by atoms with Gasteiger partial charge in [-0.1, -0.05) is 36.4 Å². The number of benzene rings is 2. The van der Waals surface area contributed by atoms with Gasteiger partial charge in [0.25, 0.3) is 0 Å². The molecule has 268 valence electrons. The number of nitrogens with one attached hydrogen (secondary N) is 1. The minimum atomic E-state index is -0.717. The highest BCUT2D eigenvalue weighted by atomic mass is 16.6. The molecule has 2 fully saturated rings. The second-order valence-corrected chi connectivity index (χ2v) is 14.3. The van der Waals surface area contributed by atoms with Gasteiger partial charge in [-0.2, -0.15) is 0 Å². The molecule has 1 N–H and O–H groups in total. The van der Waals surface area contributed by atoms with E-state index >= 15 is 0 Å². The van der Waals surface area contributed by atoms with Crippen molar-refractivity contribution in [2.24, 2.45) is 5.92 Å². The van der Waals surface area contributed by atoms with Gasteiger partial charge < -0.3 is 38.8 Å². The lowest BCUT2D eigenvalue weighted by Crippen LogP contribution is -2.58. The first-order chi connectivity index (χ1) is 23.5. The molecule has 0 spiro atoms. The van der Waals surface area contributed by atoms with E-state index in [9.17, 15) is 14.4 Å². The summed E-state index contributed by atoms with van der Waals surface area (Å²) in [4.78, 5) is 44.2.